The van der Waals surface area contributed by atoms with Crippen molar-refractivity contribution in [3.05, 3.63) is 77.9 Å². The van der Waals surface area contributed by atoms with E-state index >= 15 is 0 Å². The molecule has 3 aromatic carbocycles. The number of rotatable bonds is 4. The summed E-state index contributed by atoms with van der Waals surface area (Å²) in [6.45, 7) is 0. The van der Waals surface area contributed by atoms with Gasteiger partial charge >= 0.3 is 0 Å². The fourth-order valence-electron chi connectivity index (χ4n) is 2.63. The zero-order valence-corrected chi connectivity index (χ0v) is 15.9. The summed E-state index contributed by atoms with van der Waals surface area (Å²) in [5.41, 5.74) is 15.8. The van der Waals surface area contributed by atoms with Gasteiger partial charge in [0.2, 0.25) is 0 Å². The van der Waals surface area contributed by atoms with Crippen LogP contribution in [0.3, 0.4) is 0 Å². The molecule has 27 heavy (non-hydrogen) atoms. The molecule has 0 aliphatic carbocycles. The molecule has 3 aromatic rings. The molecule has 7 heteroatoms. The van der Waals surface area contributed by atoms with Gasteiger partial charge in [-0.25, -0.2) is 0 Å². The van der Waals surface area contributed by atoms with Crippen molar-refractivity contribution in [2.24, 2.45) is 11.5 Å². The molecule has 3 rings (SSSR count). The highest BCUT2D eigenvalue weighted by Crippen LogP contribution is 2.31. The van der Waals surface area contributed by atoms with Crippen LogP contribution in [0.25, 0.3) is 22.3 Å². The first-order valence-electron chi connectivity index (χ1n) is 7.68. The quantitative estimate of drug-likeness (QED) is 0.333. The maximum Gasteiger partial charge on any atom is 0.122 e. The molecule has 0 radical (unpaired) electrons. The summed E-state index contributed by atoms with van der Waals surface area (Å²) in [4.78, 5) is 0. The summed E-state index contributed by atoms with van der Waals surface area (Å²) in [7, 11) is 0. The van der Waals surface area contributed by atoms with Gasteiger partial charge in [0.1, 0.15) is 17.4 Å². The lowest BCUT2D eigenvalue weighted by Crippen LogP contribution is -2.10. The van der Waals surface area contributed by atoms with Gasteiger partial charge in [0.15, 0.2) is 0 Å². The Bertz CT molecular complexity index is 879. The molecule has 0 atom stereocenters. The minimum Gasteiger partial charge on any atom is -0.508 e. The zero-order valence-electron chi connectivity index (χ0n) is 14.3. The predicted octanol–water partition coefficient (Wildman–Crippen LogP) is 4.14. The van der Waals surface area contributed by atoms with Gasteiger partial charge in [-0.15, -0.1) is 24.8 Å². The van der Waals surface area contributed by atoms with Crippen molar-refractivity contribution in [2.45, 2.75) is 0 Å². The smallest absolute Gasteiger partial charge is 0.122 e. The number of nitrogens with one attached hydrogen (secondary N) is 2. The van der Waals surface area contributed by atoms with E-state index in [4.69, 9.17) is 22.3 Å². The Kier molecular flexibility index (Phi) is 7.40. The van der Waals surface area contributed by atoms with Gasteiger partial charge in [0, 0.05) is 11.1 Å². The minimum absolute atomic E-state index is 0. The Hall–Kier alpha value is -3.02. The van der Waals surface area contributed by atoms with Crippen molar-refractivity contribution in [3.63, 3.8) is 0 Å². The van der Waals surface area contributed by atoms with E-state index in [0.29, 0.717) is 11.1 Å². The van der Waals surface area contributed by atoms with Gasteiger partial charge < -0.3 is 16.6 Å². The Morgan fingerprint density at radius 1 is 0.593 bits per heavy atom. The van der Waals surface area contributed by atoms with E-state index in [1.165, 1.54) is 0 Å². The fourth-order valence-corrected chi connectivity index (χ4v) is 2.63. The second-order valence-electron chi connectivity index (χ2n) is 5.75. The van der Waals surface area contributed by atoms with Crippen molar-refractivity contribution in [2.75, 3.05) is 0 Å². The molecule has 0 aliphatic rings. The van der Waals surface area contributed by atoms with Crippen molar-refractivity contribution >= 4 is 36.5 Å². The fraction of sp³-hybridized carbons (Fsp3) is 0. The van der Waals surface area contributed by atoms with Gasteiger partial charge in [-0.05, 0) is 40.5 Å². The number of halogens is 2. The number of nitrogen functional groups attached to an aromatic ring is 2. The number of hydrogen-bond acceptors (Lipinski definition) is 3. The van der Waals surface area contributed by atoms with E-state index in [9.17, 15) is 5.11 Å². The molecule has 0 fully saturated rings. The number of hydrogen-bond donors (Lipinski definition) is 5. The Balaban J connectivity index is 0.00000182. The lowest BCUT2D eigenvalue weighted by Gasteiger charge is -2.09. The Morgan fingerprint density at radius 3 is 1.22 bits per heavy atom. The Morgan fingerprint density at radius 2 is 0.926 bits per heavy atom. The molecule has 5 nitrogen and oxygen atoms in total. The average Bonchev–Trinajstić information content (AvgIpc) is 2.61. The molecule has 0 saturated heterocycles. The molecule has 140 valence electrons. The van der Waals surface area contributed by atoms with Crippen molar-refractivity contribution < 1.29 is 5.11 Å². The first-order valence-corrected chi connectivity index (χ1v) is 7.68. The number of phenols is 1. The molecule has 0 spiro atoms. The summed E-state index contributed by atoms with van der Waals surface area (Å²) in [6.07, 6.45) is 0. The van der Waals surface area contributed by atoms with Crippen LogP contribution in [0.2, 0.25) is 0 Å². The van der Waals surface area contributed by atoms with Gasteiger partial charge in [-0.1, -0.05) is 48.5 Å². The lowest BCUT2D eigenvalue weighted by atomic mass is 9.97. The van der Waals surface area contributed by atoms with Crippen molar-refractivity contribution in [1.29, 1.82) is 10.8 Å². The molecular formula is C20H20Cl2N4O. The van der Waals surface area contributed by atoms with E-state index in [1.807, 2.05) is 30.3 Å². The molecule has 0 aliphatic heterocycles. The third kappa shape index (κ3) is 5.00. The second-order valence-corrected chi connectivity index (χ2v) is 5.75. The first kappa shape index (κ1) is 22.0. The first-order chi connectivity index (χ1) is 11.9. The molecule has 0 bridgehead atoms. The number of amidine groups is 2. The number of phenolic OH excluding ortho intramolecular Hbond substituents is 1. The van der Waals surface area contributed by atoms with Gasteiger partial charge in [-0.3, -0.25) is 10.8 Å². The molecule has 0 saturated carbocycles. The summed E-state index contributed by atoms with van der Waals surface area (Å²) >= 11 is 0. The van der Waals surface area contributed by atoms with E-state index in [2.05, 4.69) is 0 Å². The van der Waals surface area contributed by atoms with Crippen LogP contribution in [-0.4, -0.2) is 16.8 Å². The van der Waals surface area contributed by atoms with Crippen LogP contribution in [0.15, 0.2) is 66.7 Å². The topological polar surface area (TPSA) is 120 Å². The number of benzene rings is 3. The maximum atomic E-state index is 10.1. The summed E-state index contributed by atoms with van der Waals surface area (Å²) in [5.74, 6) is 0.209. The zero-order chi connectivity index (χ0) is 18.0. The Labute approximate surface area is 169 Å². The minimum atomic E-state index is 0. The highest BCUT2D eigenvalue weighted by molar-refractivity contribution is 5.96. The van der Waals surface area contributed by atoms with E-state index in [0.717, 1.165) is 22.3 Å². The number of nitrogens with two attached hydrogens (primary N) is 2. The molecule has 0 amide bonds. The standard InChI is InChI=1S/C20H18N4O.2ClH/c21-19(22)14-5-1-12(2-6-14)16-9-17(11-18(25)10-16)13-3-7-15(8-4-13)20(23)24;;/h1-11,25H,(H3,21,22)(H3,23,24);2*1H. The van der Waals surface area contributed by atoms with Crippen LogP contribution in [0.5, 0.6) is 5.75 Å². The largest absolute Gasteiger partial charge is 0.508 e. The predicted molar refractivity (Wildman–Crippen MR) is 116 cm³/mol. The molecular weight excluding hydrogens is 383 g/mol. The second kappa shape index (κ2) is 9.07. The SMILES string of the molecule is Cl.Cl.N=C(N)c1ccc(-c2cc(O)cc(-c3ccc(C(=N)N)cc3)c2)cc1. The van der Waals surface area contributed by atoms with Gasteiger partial charge in [0.25, 0.3) is 0 Å². The van der Waals surface area contributed by atoms with Crippen LogP contribution in [0, 0.1) is 10.8 Å². The van der Waals surface area contributed by atoms with E-state index in [-0.39, 0.29) is 42.2 Å². The van der Waals surface area contributed by atoms with Crippen LogP contribution in [-0.2, 0) is 0 Å². The summed E-state index contributed by atoms with van der Waals surface area (Å²) in [6, 6.07) is 20.0. The van der Waals surface area contributed by atoms with Crippen LogP contribution in [0.1, 0.15) is 11.1 Å². The maximum absolute atomic E-state index is 10.1. The third-order valence-electron chi connectivity index (χ3n) is 3.98. The highest BCUT2D eigenvalue weighted by Gasteiger charge is 2.06. The normalized spacial score (nSPS) is 9.63. The lowest BCUT2D eigenvalue weighted by molar-refractivity contribution is 0.476. The number of aromatic hydroxyl groups is 1. The van der Waals surface area contributed by atoms with Crippen LogP contribution >= 0.6 is 24.8 Å². The third-order valence-corrected chi connectivity index (χ3v) is 3.98. The highest BCUT2D eigenvalue weighted by atomic mass is 35.5. The monoisotopic (exact) mass is 402 g/mol. The van der Waals surface area contributed by atoms with Gasteiger partial charge in [-0.2, -0.15) is 0 Å². The summed E-state index contributed by atoms with van der Waals surface area (Å²) in [5, 5.41) is 25.0. The molecule has 0 heterocycles. The van der Waals surface area contributed by atoms with E-state index in [1.54, 1.807) is 36.4 Å². The van der Waals surface area contributed by atoms with Crippen LogP contribution < -0.4 is 11.5 Å². The van der Waals surface area contributed by atoms with Gasteiger partial charge in [0.05, 0.1) is 0 Å². The molecule has 7 N–H and O–H groups in total. The molecule has 0 unspecified atom stereocenters. The average molecular weight is 403 g/mol. The van der Waals surface area contributed by atoms with E-state index < -0.39 is 0 Å². The van der Waals surface area contributed by atoms with Crippen molar-refractivity contribution in [1.82, 2.24) is 0 Å². The molecule has 0 aromatic heterocycles. The summed E-state index contributed by atoms with van der Waals surface area (Å²) < 4.78 is 0. The van der Waals surface area contributed by atoms with Crippen LogP contribution in [0.4, 0.5) is 0 Å². The van der Waals surface area contributed by atoms with Crippen molar-refractivity contribution in [3.8, 4) is 28.0 Å².